The van der Waals surface area contributed by atoms with Gasteiger partial charge in [-0.05, 0) is 178 Å². The Kier molecular flexibility index (Phi) is 25.0. The topological polar surface area (TPSA) is 290 Å². The normalized spacial score (nSPS) is 23.0. The van der Waals surface area contributed by atoms with E-state index in [1.54, 1.807) is 17.1 Å². The number of alkyl halides is 1. The highest BCUT2D eigenvalue weighted by Crippen LogP contribution is 2.49. The van der Waals surface area contributed by atoms with E-state index in [2.05, 4.69) is 133 Å². The molecule has 119 heavy (non-hydrogen) atoms. The summed E-state index contributed by atoms with van der Waals surface area (Å²) < 4.78 is 75.0. The van der Waals surface area contributed by atoms with Crippen molar-refractivity contribution < 1.29 is 64.1 Å². The molecule has 29 heteroatoms. The largest absolute Gasteiger partial charge is 0.387 e. The fourth-order valence-electron chi connectivity index (χ4n) is 16.3. The molecule has 16 heterocycles. The molecule has 5 aliphatic rings. The molecule has 0 spiro atoms. The van der Waals surface area contributed by atoms with Crippen LogP contribution >= 0.6 is 31.9 Å². The Labute approximate surface area is 706 Å². The van der Waals surface area contributed by atoms with Crippen molar-refractivity contribution >= 4 is 125 Å². The highest BCUT2D eigenvalue weighted by molar-refractivity contribution is 9.10. The maximum atomic E-state index is 13.6. The van der Waals surface area contributed by atoms with Crippen molar-refractivity contribution in [3.8, 4) is 0 Å². The van der Waals surface area contributed by atoms with Crippen LogP contribution in [-0.4, -0.2) is 167 Å². The van der Waals surface area contributed by atoms with E-state index in [-0.39, 0.29) is 34.2 Å². The van der Waals surface area contributed by atoms with Crippen molar-refractivity contribution in [1.82, 2.24) is 66.9 Å². The molecule has 11 aromatic heterocycles. The number of aliphatic hydroxyl groups is 4. The van der Waals surface area contributed by atoms with Gasteiger partial charge < -0.3 is 90.5 Å². The Morgan fingerprint density at radius 3 is 1.34 bits per heavy atom. The Morgan fingerprint density at radius 2 is 0.849 bits per heavy atom. The molecule has 26 nitrogen and oxygen atoms in total. The third-order valence-electron chi connectivity index (χ3n) is 22.2. The number of rotatable bonds is 9. The number of aliphatic hydroxyl groups excluding tert-OH is 4. The number of nitrogens with one attached hydrogen (secondary N) is 1. The minimum atomic E-state index is -1.25. The summed E-state index contributed by atoms with van der Waals surface area (Å²) in [5, 5.41) is 52.2. The number of aromatic amines is 1. The number of ketones is 1. The van der Waals surface area contributed by atoms with Gasteiger partial charge in [0.05, 0.1) is 25.6 Å². The zero-order valence-electron chi connectivity index (χ0n) is 66.4. The fourth-order valence-corrected chi connectivity index (χ4v) is 17.0. The average molecular weight is 1750 g/mol. The predicted octanol–water partition coefficient (Wildman–Crippen LogP) is 16.9. The van der Waals surface area contributed by atoms with E-state index in [0.29, 0.717) is 16.8 Å². The van der Waals surface area contributed by atoms with Crippen LogP contribution in [0.25, 0.3) is 87.6 Å². The molecule has 5 saturated heterocycles. The highest BCUT2D eigenvalue weighted by Gasteiger charge is 2.60. The molecule has 5 N–H and O–H groups in total. The van der Waals surface area contributed by atoms with E-state index in [4.69, 9.17) is 34.5 Å². The molecule has 0 saturated carbocycles. The third-order valence-corrected chi connectivity index (χ3v) is 23.2. The van der Waals surface area contributed by atoms with Gasteiger partial charge in [-0.3, -0.25) is 9.18 Å². The number of aryl methyl sites for hydroxylation is 7. The van der Waals surface area contributed by atoms with Crippen LogP contribution in [-0.2, 0) is 61.3 Å². The zero-order chi connectivity index (χ0) is 82.2. The number of hydrogen-bond donors (Lipinski definition) is 5. The number of H-pyrrole nitrogens is 1. The van der Waals surface area contributed by atoms with Crippen LogP contribution in [0.5, 0.6) is 0 Å². The van der Waals surface area contributed by atoms with Crippen LogP contribution in [0.4, 0.5) is 4.39 Å². The molecule has 0 aliphatic carbocycles. The summed E-state index contributed by atoms with van der Waals surface area (Å²) in [5.41, 5.74) is 12.2. The maximum absolute atomic E-state index is 13.6. The molecule has 624 valence electrons. The number of aromatic nitrogens is 14. The maximum Gasteiger partial charge on any atom is 0.194 e. The number of ether oxygens (including phenoxy) is 7. The van der Waals surface area contributed by atoms with Gasteiger partial charge in [-0.2, -0.15) is 0 Å². The third kappa shape index (κ3) is 16.6. The standard InChI is InChI=1S/C24H26N4O4.C24H24N4O4.C21H22N4O4.C9H8BrN.C8H6BrN.CH3F.3CH4/c2*1-13-16-8-10-28(22(16)26-12-25-13)23-21-20(31-24(2,3)32-21)19(30-23)18(29)15-6-5-14-7-9-27(4)17(14)11-15;1-11-14-6-8-25(20(14)23-10-22-11)21-18(28)17(27)19(29-21)16(26)13-4-3-12-5-7-24(2)15(12)9-13;1-11-5-4-7-2-3-8(10)6-9(7)11;9-7-2-1-6-3-4-10-8(6)5-7;1-2;;;/h5-12,18-21,23,29H,1-4H3;5-12,19-21,23H,1-4H3;3-10,16-19,21,26-28H,1-2H3;2-6H,1H3;1-5,10H;1H3;3*1H4/t18-,19-,20-,21?,23-;19-,20-,21?,23-;16-,17+,18?,19-,21-;;;;;;/m111....../s1/i;;;;;1D;;;. The first kappa shape index (κ1) is 85.2. The lowest BCUT2D eigenvalue weighted by molar-refractivity contribution is -0.207. The Hall–Kier alpha value is -10.2. The Balaban J connectivity index is 0.000000135. The lowest BCUT2D eigenvalue weighted by Gasteiger charge is -2.27. The second-order valence-electron chi connectivity index (χ2n) is 30.6. The molecule has 0 radical (unpaired) electrons. The molecular weight excluding hydrogens is 1650 g/mol. The smallest absolute Gasteiger partial charge is 0.194 e. The molecule has 5 aromatic carbocycles. The SMILES string of the molecule is Brc1ccc2cc[nH]c2c1.C.C.C.Cc1ncnc2c1ccn2[C@@H]1O[C@H](C(=O)c2ccc3ccn(C)c3c2)[C@H]2OC(C)(C)OC12.Cc1ncnc2c1ccn2[C@@H]1O[C@H]([C@H](O)c2ccc3ccn(C)c3c2)[C@@H](O)C1O.Cc1ncnc2c1ccn2[C@@H]1O[C@H]([C@H](O)c2ccc3ccn(C)c3c2)[C@H]2OC(C)(C)OC12.Cn1ccc2ccc(Br)cc21.[2H]CF. The number of hydrogen-bond acceptors (Lipinski definition) is 18. The first-order valence-electron chi connectivity index (χ1n) is 38.6. The van der Waals surface area contributed by atoms with Gasteiger partial charge in [0.1, 0.15) is 97.0 Å². The lowest BCUT2D eigenvalue weighted by atomic mass is 9.98. The molecule has 0 bridgehead atoms. The Morgan fingerprint density at radius 1 is 0.462 bits per heavy atom. The summed E-state index contributed by atoms with van der Waals surface area (Å²) in [4.78, 5) is 42.7. The summed E-state index contributed by atoms with van der Waals surface area (Å²) in [6.45, 7) is 13.3. The van der Waals surface area contributed by atoms with Crippen molar-refractivity contribution in [1.29, 1.82) is 0 Å². The van der Waals surface area contributed by atoms with Crippen molar-refractivity contribution in [3.63, 3.8) is 0 Å². The van der Waals surface area contributed by atoms with Gasteiger partial charge >= 0.3 is 0 Å². The van der Waals surface area contributed by atoms with E-state index < -0.39 is 98.5 Å². The molecule has 5 aliphatic heterocycles. The lowest BCUT2D eigenvalue weighted by Crippen LogP contribution is -2.35. The van der Waals surface area contributed by atoms with E-state index in [9.17, 15) is 29.6 Å². The zero-order valence-corrected chi connectivity index (χ0v) is 68.6. The summed E-state index contributed by atoms with van der Waals surface area (Å²) >= 11 is 6.84. The first-order valence-corrected chi connectivity index (χ1v) is 39.5. The van der Waals surface area contributed by atoms with Gasteiger partial charge in [0.15, 0.2) is 42.1 Å². The van der Waals surface area contributed by atoms with Crippen LogP contribution in [0, 0.1) is 20.8 Å². The number of carbonyl (C=O) groups excluding carboxylic acids is 1. The van der Waals surface area contributed by atoms with E-state index in [1.165, 1.54) is 34.5 Å². The van der Waals surface area contributed by atoms with Crippen LogP contribution in [0.3, 0.4) is 0 Å². The van der Waals surface area contributed by atoms with Crippen molar-refractivity contribution in [3.05, 3.63) is 251 Å². The molecule has 3 unspecified atom stereocenters. The summed E-state index contributed by atoms with van der Waals surface area (Å²) in [6, 6.07) is 45.8. The summed E-state index contributed by atoms with van der Waals surface area (Å²) in [7, 11) is 6.94. The van der Waals surface area contributed by atoms with Gasteiger partial charge in [-0.15, -0.1) is 0 Å². The number of nitrogens with zero attached hydrogens (tertiary/aromatic N) is 13. The fraction of sp³-hybridized carbons (Fsp3) is 0.344. The van der Waals surface area contributed by atoms with Crippen molar-refractivity contribution in [2.45, 2.75) is 168 Å². The van der Waals surface area contributed by atoms with E-state index in [0.717, 1.165) is 91.8 Å². The van der Waals surface area contributed by atoms with Crippen LogP contribution < -0.4 is 0 Å². The Bertz CT molecular complexity index is 6330. The van der Waals surface area contributed by atoms with Crippen LogP contribution in [0.2, 0.25) is 0 Å². The molecule has 16 aromatic rings. The van der Waals surface area contributed by atoms with Crippen molar-refractivity contribution in [2.75, 3.05) is 7.15 Å². The predicted molar refractivity (Wildman–Crippen MR) is 465 cm³/mol. The second kappa shape index (κ2) is 34.9. The molecule has 14 atom stereocenters. The number of carbonyl (C=O) groups is 1. The van der Waals surface area contributed by atoms with Crippen LogP contribution in [0.15, 0.2) is 217 Å². The molecule has 0 amide bonds. The number of halogens is 3. The van der Waals surface area contributed by atoms with Gasteiger partial charge in [-0.1, -0.05) is 103 Å². The van der Waals surface area contributed by atoms with Crippen LogP contribution in [0.1, 0.15) is 121 Å². The van der Waals surface area contributed by atoms with Crippen molar-refractivity contribution in [2.24, 2.45) is 28.2 Å². The van der Waals surface area contributed by atoms with Gasteiger partial charge in [0.2, 0.25) is 0 Å². The first-order chi connectivity index (χ1) is 56.1. The number of benzene rings is 5. The number of fused-ring (bicyclic) bond motifs is 10. The van der Waals surface area contributed by atoms with Gasteiger partial charge in [0, 0.05) is 136 Å². The molecule has 21 rings (SSSR count). The highest BCUT2D eigenvalue weighted by atomic mass is 79.9. The summed E-state index contributed by atoms with van der Waals surface area (Å²) in [6.07, 6.45) is 9.65. The average Bonchev–Trinajstić information content (AvgIpc) is 1.59. The van der Waals surface area contributed by atoms with E-state index in [1.807, 2.05) is 221 Å². The minimum Gasteiger partial charge on any atom is -0.387 e. The monoisotopic (exact) mass is 1750 g/mol. The molecule has 5 fully saturated rings. The quantitative estimate of drug-likeness (QED) is 0.0839. The number of Topliss-reactive ketones (excluding diaryl/α,β-unsaturated/α-hetero) is 1. The molecular formula is C90H101Br2FN14O12. The van der Waals surface area contributed by atoms with Gasteiger partial charge in [0.25, 0.3) is 0 Å². The van der Waals surface area contributed by atoms with E-state index >= 15 is 0 Å². The second-order valence-corrected chi connectivity index (χ2v) is 32.4. The summed E-state index contributed by atoms with van der Waals surface area (Å²) in [5.74, 6) is -1.70. The minimum absolute atomic E-state index is 0. The van der Waals surface area contributed by atoms with Gasteiger partial charge in [-0.25, -0.2) is 29.9 Å².